The Hall–Kier alpha value is -2.20. The topological polar surface area (TPSA) is 66.0 Å². The fourth-order valence-electron chi connectivity index (χ4n) is 2.09. The van der Waals surface area contributed by atoms with Gasteiger partial charge in [-0.3, -0.25) is 4.79 Å². The van der Waals surface area contributed by atoms with E-state index < -0.39 is 5.60 Å². The number of allylic oxidation sites excluding steroid dienone is 2. The monoisotopic (exact) mass is 254 g/mol. The summed E-state index contributed by atoms with van der Waals surface area (Å²) < 4.78 is 0. The van der Waals surface area contributed by atoms with Crippen LogP contribution < -0.4 is 0 Å². The van der Waals surface area contributed by atoms with E-state index >= 15 is 0 Å². The Labute approximate surface area is 110 Å². The van der Waals surface area contributed by atoms with Crippen LogP contribution in [0.4, 0.5) is 0 Å². The molecule has 0 radical (unpaired) electrons. The molecule has 1 atom stereocenters. The zero-order valence-corrected chi connectivity index (χ0v) is 10.6. The molecule has 1 unspecified atom stereocenters. The van der Waals surface area contributed by atoms with Gasteiger partial charge in [0, 0.05) is 5.57 Å². The number of fused-ring (bicyclic) bond motifs is 1. The summed E-state index contributed by atoms with van der Waals surface area (Å²) in [5.41, 5.74) is 1.32. The molecule has 1 heterocycles. The van der Waals surface area contributed by atoms with E-state index in [1.807, 2.05) is 24.3 Å². The number of ketones is 1. The smallest absolute Gasteiger partial charge is 0.227 e. The van der Waals surface area contributed by atoms with Crippen LogP contribution in [0.1, 0.15) is 24.0 Å². The lowest BCUT2D eigenvalue weighted by Crippen LogP contribution is -2.23. The van der Waals surface area contributed by atoms with Crippen molar-refractivity contribution in [2.45, 2.75) is 18.9 Å². The van der Waals surface area contributed by atoms with Gasteiger partial charge in [-0.1, -0.05) is 30.4 Å². The number of para-hydroxylation sites is 2. The van der Waals surface area contributed by atoms with Gasteiger partial charge in [-0.15, -0.1) is 0 Å². The minimum Gasteiger partial charge on any atom is -0.386 e. The number of hydrogen-bond donors (Lipinski definition) is 2. The molecule has 0 aliphatic heterocycles. The lowest BCUT2D eigenvalue weighted by atomic mass is 9.92. The quantitative estimate of drug-likeness (QED) is 0.809. The van der Waals surface area contributed by atoms with E-state index in [2.05, 4.69) is 9.97 Å². The Morgan fingerprint density at radius 1 is 1.42 bits per heavy atom. The second-order valence-electron chi connectivity index (χ2n) is 4.99. The van der Waals surface area contributed by atoms with Crippen LogP contribution in [-0.4, -0.2) is 26.5 Å². The lowest BCUT2D eigenvalue weighted by Gasteiger charge is -2.20. The van der Waals surface area contributed by atoms with Crippen LogP contribution in [0.15, 0.2) is 48.1 Å². The van der Waals surface area contributed by atoms with E-state index in [9.17, 15) is 9.90 Å². The van der Waals surface area contributed by atoms with Crippen LogP contribution in [0.5, 0.6) is 0 Å². The summed E-state index contributed by atoms with van der Waals surface area (Å²) in [6.45, 7) is 1.71. The molecule has 0 saturated heterocycles. The number of aliphatic hydroxyl groups is 1. The molecule has 4 nitrogen and oxygen atoms in total. The highest BCUT2D eigenvalue weighted by molar-refractivity contribution is 6.09. The molecule has 2 aromatic rings. The van der Waals surface area contributed by atoms with Gasteiger partial charge in [0.05, 0.1) is 16.6 Å². The molecule has 1 aliphatic carbocycles. The highest BCUT2D eigenvalue weighted by Gasteiger charge is 2.22. The van der Waals surface area contributed by atoms with Crippen molar-refractivity contribution in [3.63, 3.8) is 0 Å². The molecular formula is C15H14N2O2. The molecule has 0 amide bonds. The summed E-state index contributed by atoms with van der Waals surface area (Å²) in [5.74, 6) is 0.182. The van der Waals surface area contributed by atoms with Crippen molar-refractivity contribution in [3.8, 4) is 0 Å². The number of carbonyl (C=O) groups excluding carboxylic acids is 1. The predicted molar refractivity (Wildman–Crippen MR) is 72.9 cm³/mol. The van der Waals surface area contributed by atoms with E-state index in [4.69, 9.17) is 0 Å². The second kappa shape index (κ2) is 4.17. The highest BCUT2D eigenvalue weighted by atomic mass is 16.3. The van der Waals surface area contributed by atoms with Gasteiger partial charge in [-0.25, -0.2) is 4.98 Å². The Kier molecular flexibility index (Phi) is 2.61. The van der Waals surface area contributed by atoms with Gasteiger partial charge in [-0.2, -0.15) is 0 Å². The van der Waals surface area contributed by atoms with E-state index in [0.717, 1.165) is 11.0 Å². The molecule has 2 N–H and O–H groups in total. The lowest BCUT2D eigenvalue weighted by molar-refractivity contribution is 0.101. The number of nitrogens with zero attached hydrogens (tertiary/aromatic N) is 1. The minimum atomic E-state index is -0.863. The Morgan fingerprint density at radius 2 is 2.21 bits per heavy atom. The van der Waals surface area contributed by atoms with E-state index in [1.54, 1.807) is 25.2 Å². The average Bonchev–Trinajstić information content (AvgIpc) is 2.81. The van der Waals surface area contributed by atoms with Crippen LogP contribution in [0.2, 0.25) is 0 Å². The molecule has 3 rings (SSSR count). The predicted octanol–water partition coefficient (Wildman–Crippen LogP) is 2.38. The van der Waals surface area contributed by atoms with Crippen molar-refractivity contribution in [3.05, 3.63) is 53.9 Å². The van der Waals surface area contributed by atoms with E-state index in [-0.39, 0.29) is 5.78 Å². The molecule has 96 valence electrons. The molecular weight excluding hydrogens is 240 g/mol. The standard InChI is InChI=1S/C15H14N2O2/c1-15(19)8-6-10(7-9-15)13(18)14-16-11-4-2-3-5-12(11)17-14/h2-8,19H,9H2,1H3,(H,16,17). The molecule has 0 saturated carbocycles. The fraction of sp³-hybridized carbons (Fsp3) is 0.200. The van der Waals surface area contributed by atoms with Crippen molar-refractivity contribution in [2.24, 2.45) is 0 Å². The molecule has 4 heteroatoms. The zero-order valence-electron chi connectivity index (χ0n) is 10.6. The van der Waals surface area contributed by atoms with Gasteiger partial charge in [0.25, 0.3) is 0 Å². The number of nitrogens with one attached hydrogen (secondary N) is 1. The third kappa shape index (κ3) is 2.22. The first-order valence-electron chi connectivity index (χ1n) is 6.16. The summed E-state index contributed by atoms with van der Waals surface area (Å²) in [6.07, 6.45) is 5.47. The summed E-state index contributed by atoms with van der Waals surface area (Å²) in [6, 6.07) is 7.52. The van der Waals surface area contributed by atoms with Crippen LogP contribution in [0.25, 0.3) is 11.0 Å². The first-order chi connectivity index (χ1) is 9.05. The first kappa shape index (κ1) is 11.9. The third-order valence-electron chi connectivity index (χ3n) is 3.22. The number of Topliss-reactive ketones (excluding diaryl/α,β-unsaturated/α-hetero) is 1. The maximum atomic E-state index is 12.3. The number of aromatic amines is 1. The van der Waals surface area contributed by atoms with Crippen molar-refractivity contribution in [1.29, 1.82) is 0 Å². The largest absolute Gasteiger partial charge is 0.386 e. The molecule has 19 heavy (non-hydrogen) atoms. The van der Waals surface area contributed by atoms with Gasteiger partial charge in [-0.05, 0) is 25.5 Å². The van der Waals surface area contributed by atoms with Crippen LogP contribution in [0.3, 0.4) is 0 Å². The van der Waals surface area contributed by atoms with Gasteiger partial charge in [0.15, 0.2) is 5.82 Å². The van der Waals surface area contributed by atoms with Crippen molar-refractivity contribution >= 4 is 16.8 Å². The SMILES string of the molecule is CC1(O)C=CC(C(=O)c2nc3ccccc3[nH]2)=CC1. The van der Waals surface area contributed by atoms with Gasteiger partial charge in [0.2, 0.25) is 5.78 Å². The second-order valence-corrected chi connectivity index (χ2v) is 4.99. The molecule has 0 fully saturated rings. The van der Waals surface area contributed by atoms with Crippen LogP contribution >= 0.6 is 0 Å². The van der Waals surface area contributed by atoms with Gasteiger partial charge in [0.1, 0.15) is 0 Å². The summed E-state index contributed by atoms with van der Waals surface area (Å²) in [5, 5.41) is 9.79. The van der Waals surface area contributed by atoms with Gasteiger partial charge < -0.3 is 10.1 Å². The Bertz CT molecular complexity index is 675. The number of imidazole rings is 1. The van der Waals surface area contributed by atoms with Crippen LogP contribution in [0, 0.1) is 0 Å². The Balaban J connectivity index is 1.93. The highest BCUT2D eigenvalue weighted by Crippen LogP contribution is 2.22. The molecule has 1 aliphatic rings. The van der Waals surface area contributed by atoms with Crippen molar-refractivity contribution in [1.82, 2.24) is 9.97 Å². The molecule has 1 aromatic carbocycles. The third-order valence-corrected chi connectivity index (χ3v) is 3.22. The number of H-pyrrole nitrogens is 1. The van der Waals surface area contributed by atoms with E-state index in [0.29, 0.717) is 17.8 Å². The number of aromatic nitrogens is 2. The molecule has 0 bridgehead atoms. The van der Waals surface area contributed by atoms with Crippen LogP contribution in [-0.2, 0) is 0 Å². The Morgan fingerprint density at radius 3 is 2.89 bits per heavy atom. The maximum absolute atomic E-state index is 12.3. The average molecular weight is 254 g/mol. The summed E-state index contributed by atoms with van der Waals surface area (Å²) in [4.78, 5) is 19.6. The zero-order chi connectivity index (χ0) is 13.5. The normalized spacial score (nSPS) is 22.5. The number of benzene rings is 1. The number of rotatable bonds is 2. The molecule has 1 aromatic heterocycles. The minimum absolute atomic E-state index is 0.150. The summed E-state index contributed by atoms with van der Waals surface area (Å²) in [7, 11) is 0. The molecule has 0 spiro atoms. The fourth-order valence-corrected chi connectivity index (χ4v) is 2.09. The number of carbonyl (C=O) groups is 1. The van der Waals surface area contributed by atoms with E-state index in [1.165, 1.54) is 0 Å². The first-order valence-corrected chi connectivity index (χ1v) is 6.16. The number of hydrogen-bond acceptors (Lipinski definition) is 3. The summed E-state index contributed by atoms with van der Waals surface area (Å²) >= 11 is 0. The van der Waals surface area contributed by atoms with Crippen molar-refractivity contribution < 1.29 is 9.90 Å². The maximum Gasteiger partial charge on any atom is 0.227 e. The van der Waals surface area contributed by atoms with Crippen molar-refractivity contribution in [2.75, 3.05) is 0 Å². The van der Waals surface area contributed by atoms with Gasteiger partial charge >= 0.3 is 0 Å².